The quantitative estimate of drug-likeness (QED) is 0.695. The lowest BCUT2D eigenvalue weighted by Crippen LogP contribution is -2.37. The van der Waals surface area contributed by atoms with Crippen molar-refractivity contribution in [2.45, 2.75) is 39.0 Å². The van der Waals surface area contributed by atoms with Crippen molar-refractivity contribution in [1.82, 2.24) is 25.4 Å². The van der Waals surface area contributed by atoms with E-state index in [-0.39, 0.29) is 5.91 Å². The van der Waals surface area contributed by atoms with Gasteiger partial charge < -0.3 is 10.1 Å². The number of carbonyl (C=O) groups excluding carboxylic acids is 1. The zero-order valence-corrected chi connectivity index (χ0v) is 16.4. The summed E-state index contributed by atoms with van der Waals surface area (Å²) in [6, 6.07) is 8.12. The molecule has 0 saturated carbocycles. The number of nitrogens with zero attached hydrogens (tertiary/aromatic N) is 3. The van der Waals surface area contributed by atoms with E-state index in [9.17, 15) is 4.79 Å². The Morgan fingerprint density at radius 1 is 1.37 bits per heavy atom. The third kappa shape index (κ3) is 5.53. The Morgan fingerprint density at radius 3 is 2.81 bits per heavy atom. The van der Waals surface area contributed by atoms with Gasteiger partial charge in [0.1, 0.15) is 18.2 Å². The second-order valence-electron chi connectivity index (χ2n) is 7.42. The molecular weight excluding hydrogens is 342 g/mol. The van der Waals surface area contributed by atoms with Crippen molar-refractivity contribution >= 4 is 5.91 Å². The molecule has 1 aliphatic rings. The van der Waals surface area contributed by atoms with Gasteiger partial charge in [0.2, 0.25) is 5.91 Å². The van der Waals surface area contributed by atoms with E-state index in [1.807, 2.05) is 19.1 Å². The summed E-state index contributed by atoms with van der Waals surface area (Å²) < 4.78 is 5.69. The van der Waals surface area contributed by atoms with Crippen LogP contribution >= 0.6 is 0 Å². The summed E-state index contributed by atoms with van der Waals surface area (Å²) in [6.45, 7) is 9.32. The first-order valence-corrected chi connectivity index (χ1v) is 9.62. The normalized spacial score (nSPS) is 17.4. The number of amides is 1. The van der Waals surface area contributed by atoms with Crippen molar-refractivity contribution in [2.75, 3.05) is 32.8 Å². The number of hydrogen-bond donors (Lipinski definition) is 2. The minimum Gasteiger partial charge on any atom is -0.492 e. The monoisotopic (exact) mass is 371 g/mol. The fraction of sp³-hybridized carbons (Fsp3) is 0.550. The molecule has 3 rings (SSSR count). The number of ether oxygens (including phenoxy) is 1. The minimum absolute atomic E-state index is 0.0283. The molecule has 1 amide bonds. The molecule has 2 N–H and O–H groups in total. The molecule has 1 saturated heterocycles. The number of rotatable bonds is 8. The topological polar surface area (TPSA) is 83.1 Å². The Balaban J connectivity index is 1.33. The van der Waals surface area contributed by atoms with Crippen molar-refractivity contribution in [3.63, 3.8) is 0 Å². The largest absolute Gasteiger partial charge is 0.492 e. The van der Waals surface area contributed by atoms with Gasteiger partial charge in [-0.25, -0.2) is 4.98 Å². The number of likely N-dealkylation sites (tertiary alicyclic amines) is 1. The van der Waals surface area contributed by atoms with Crippen LogP contribution in [0.2, 0.25) is 0 Å². The van der Waals surface area contributed by atoms with Gasteiger partial charge in [-0.3, -0.25) is 14.8 Å². The molecule has 0 bridgehead atoms. The van der Waals surface area contributed by atoms with Crippen LogP contribution in [0.15, 0.2) is 24.3 Å². The van der Waals surface area contributed by atoms with Crippen LogP contribution in [0.3, 0.4) is 0 Å². The van der Waals surface area contributed by atoms with Crippen molar-refractivity contribution in [3.05, 3.63) is 41.5 Å². The van der Waals surface area contributed by atoms with Crippen LogP contribution in [-0.4, -0.2) is 58.8 Å². The number of H-pyrrole nitrogens is 1. The molecule has 1 fully saturated rings. The predicted molar refractivity (Wildman–Crippen MR) is 104 cm³/mol. The van der Waals surface area contributed by atoms with E-state index in [1.54, 1.807) is 0 Å². The Morgan fingerprint density at radius 2 is 2.15 bits per heavy atom. The molecule has 1 aliphatic heterocycles. The molecule has 0 aliphatic carbocycles. The van der Waals surface area contributed by atoms with Crippen molar-refractivity contribution in [3.8, 4) is 5.75 Å². The third-order valence-electron chi connectivity index (χ3n) is 4.86. The predicted octanol–water partition coefficient (Wildman–Crippen LogP) is 2.22. The Kier molecular flexibility index (Phi) is 6.45. The minimum atomic E-state index is 0.0283. The zero-order chi connectivity index (χ0) is 19.2. The van der Waals surface area contributed by atoms with E-state index >= 15 is 0 Å². The fourth-order valence-electron chi connectivity index (χ4n) is 3.30. The number of carbonyl (C=O) groups is 1. The molecule has 146 valence electrons. The van der Waals surface area contributed by atoms with Gasteiger partial charge in [-0.2, -0.15) is 5.10 Å². The van der Waals surface area contributed by atoms with Crippen molar-refractivity contribution < 1.29 is 9.53 Å². The number of nitrogens with one attached hydrogen (secondary N) is 2. The summed E-state index contributed by atoms with van der Waals surface area (Å²) in [4.78, 5) is 18.7. The Hall–Kier alpha value is -2.41. The second kappa shape index (κ2) is 8.99. The van der Waals surface area contributed by atoms with Crippen LogP contribution in [0.1, 0.15) is 49.3 Å². The van der Waals surface area contributed by atoms with Crippen LogP contribution in [0.4, 0.5) is 0 Å². The average molecular weight is 371 g/mol. The van der Waals surface area contributed by atoms with Gasteiger partial charge in [-0.1, -0.05) is 26.0 Å². The molecule has 7 nitrogen and oxygen atoms in total. The molecule has 27 heavy (non-hydrogen) atoms. The van der Waals surface area contributed by atoms with E-state index in [0.717, 1.165) is 36.9 Å². The highest BCUT2D eigenvalue weighted by Gasteiger charge is 2.27. The van der Waals surface area contributed by atoms with Gasteiger partial charge in [0.25, 0.3) is 0 Å². The molecule has 2 aromatic rings. The third-order valence-corrected chi connectivity index (χ3v) is 4.86. The van der Waals surface area contributed by atoms with Gasteiger partial charge in [-0.05, 0) is 43.5 Å². The molecule has 7 heteroatoms. The molecule has 1 aromatic heterocycles. The lowest BCUT2D eigenvalue weighted by Gasteiger charge is -2.15. The molecule has 1 unspecified atom stereocenters. The molecule has 1 atom stereocenters. The second-order valence-corrected chi connectivity index (χ2v) is 7.42. The number of benzene rings is 1. The summed E-state index contributed by atoms with van der Waals surface area (Å²) >= 11 is 0. The van der Waals surface area contributed by atoms with Crippen LogP contribution in [0.25, 0.3) is 0 Å². The van der Waals surface area contributed by atoms with E-state index < -0.39 is 0 Å². The van der Waals surface area contributed by atoms with Crippen molar-refractivity contribution in [2.24, 2.45) is 0 Å². The van der Waals surface area contributed by atoms with E-state index in [0.29, 0.717) is 31.5 Å². The first-order chi connectivity index (χ1) is 13.0. The number of aromatic nitrogens is 3. The standard InChI is InChI=1S/C20H29N5O2/c1-14(2)16-4-6-18(7-5-16)27-11-9-21-19(26)13-25-10-8-17(12-25)20-22-15(3)23-24-20/h4-7,14,17H,8-13H2,1-3H3,(H,21,26)(H,22,23,24). The van der Waals surface area contributed by atoms with Gasteiger partial charge in [-0.15, -0.1) is 0 Å². The summed E-state index contributed by atoms with van der Waals surface area (Å²) in [7, 11) is 0. The van der Waals surface area contributed by atoms with Crippen LogP contribution < -0.4 is 10.1 Å². The van der Waals surface area contributed by atoms with Gasteiger partial charge in [0, 0.05) is 12.5 Å². The molecule has 1 aromatic carbocycles. The van der Waals surface area contributed by atoms with Crippen LogP contribution in [-0.2, 0) is 4.79 Å². The smallest absolute Gasteiger partial charge is 0.234 e. The lowest BCUT2D eigenvalue weighted by molar-refractivity contribution is -0.122. The number of aromatic amines is 1. The van der Waals surface area contributed by atoms with Gasteiger partial charge in [0.15, 0.2) is 5.82 Å². The maximum absolute atomic E-state index is 12.1. The average Bonchev–Trinajstić information content (AvgIpc) is 3.28. The van der Waals surface area contributed by atoms with Gasteiger partial charge in [0.05, 0.1) is 13.1 Å². The molecule has 0 spiro atoms. The lowest BCUT2D eigenvalue weighted by atomic mass is 10.0. The van der Waals surface area contributed by atoms with E-state index in [1.165, 1.54) is 5.56 Å². The Bertz CT molecular complexity index is 741. The molecule has 0 radical (unpaired) electrons. The molecular formula is C20H29N5O2. The highest BCUT2D eigenvalue weighted by molar-refractivity contribution is 5.78. The highest BCUT2D eigenvalue weighted by Crippen LogP contribution is 2.24. The van der Waals surface area contributed by atoms with Crippen LogP contribution in [0.5, 0.6) is 5.75 Å². The van der Waals surface area contributed by atoms with Crippen LogP contribution in [0, 0.1) is 6.92 Å². The SMILES string of the molecule is Cc1nc(C2CCN(CC(=O)NCCOc3ccc(C(C)C)cc3)C2)n[nH]1. The highest BCUT2D eigenvalue weighted by atomic mass is 16.5. The fourth-order valence-corrected chi connectivity index (χ4v) is 3.30. The molecule has 2 heterocycles. The maximum atomic E-state index is 12.1. The Labute approximate surface area is 160 Å². The summed E-state index contributed by atoms with van der Waals surface area (Å²) in [5.41, 5.74) is 1.29. The van der Waals surface area contributed by atoms with E-state index in [2.05, 4.69) is 51.4 Å². The summed E-state index contributed by atoms with van der Waals surface area (Å²) in [5.74, 6) is 3.36. The summed E-state index contributed by atoms with van der Waals surface area (Å²) in [5, 5.41) is 10.0. The first kappa shape index (κ1) is 19.4. The van der Waals surface area contributed by atoms with Gasteiger partial charge >= 0.3 is 0 Å². The maximum Gasteiger partial charge on any atom is 0.234 e. The van der Waals surface area contributed by atoms with E-state index in [4.69, 9.17) is 4.74 Å². The van der Waals surface area contributed by atoms with Crippen molar-refractivity contribution in [1.29, 1.82) is 0 Å². The number of aryl methyl sites for hydroxylation is 1. The zero-order valence-electron chi connectivity index (χ0n) is 16.4. The first-order valence-electron chi connectivity index (χ1n) is 9.62. The summed E-state index contributed by atoms with van der Waals surface area (Å²) in [6.07, 6.45) is 0.986. The number of hydrogen-bond acceptors (Lipinski definition) is 5.